The first-order chi connectivity index (χ1) is 14.5. The maximum Gasteiger partial charge on any atom is 0.348 e. The highest BCUT2D eigenvalue weighted by Crippen LogP contribution is 2.34. The topological polar surface area (TPSA) is 117 Å². The van der Waals surface area contributed by atoms with Crippen LogP contribution >= 0.6 is 34.7 Å². The normalized spacial score (nSPS) is 11.2. The van der Waals surface area contributed by atoms with Gasteiger partial charge in [0.15, 0.2) is 0 Å². The molecule has 3 aromatic heterocycles. The second kappa shape index (κ2) is 8.58. The maximum atomic E-state index is 12.1. The fourth-order valence-electron chi connectivity index (χ4n) is 2.80. The molecule has 0 unspecified atom stereocenters. The van der Waals surface area contributed by atoms with E-state index in [0.717, 1.165) is 11.1 Å². The van der Waals surface area contributed by atoms with Crippen LogP contribution in [0.1, 0.15) is 28.0 Å². The average molecular weight is 462 g/mol. The molecule has 4 aromatic rings. The number of nitrogens with two attached hydrogens (primary N) is 1. The summed E-state index contributed by atoms with van der Waals surface area (Å²) in [7, 11) is 0. The van der Waals surface area contributed by atoms with E-state index in [0.29, 0.717) is 55.2 Å². The van der Waals surface area contributed by atoms with Gasteiger partial charge in [0, 0.05) is 10.6 Å². The van der Waals surface area contributed by atoms with Crippen molar-refractivity contribution in [2.75, 3.05) is 12.3 Å². The second-order valence-electron chi connectivity index (χ2n) is 6.15. The van der Waals surface area contributed by atoms with Gasteiger partial charge in [0.25, 0.3) is 5.22 Å². The van der Waals surface area contributed by atoms with Crippen molar-refractivity contribution in [3.8, 4) is 11.5 Å². The van der Waals surface area contributed by atoms with Gasteiger partial charge in [0.05, 0.1) is 17.7 Å². The summed E-state index contributed by atoms with van der Waals surface area (Å²) in [5.41, 5.74) is 7.61. The van der Waals surface area contributed by atoms with Gasteiger partial charge in [-0.3, -0.25) is 0 Å². The molecule has 0 aliphatic carbocycles. The number of ether oxygens (including phenoxy) is 1. The smallest absolute Gasteiger partial charge is 0.348 e. The minimum absolute atomic E-state index is 0.303. The Labute approximate surface area is 184 Å². The van der Waals surface area contributed by atoms with Gasteiger partial charge in [-0.15, -0.1) is 21.5 Å². The third-order valence-electron chi connectivity index (χ3n) is 4.13. The van der Waals surface area contributed by atoms with Crippen molar-refractivity contribution < 1.29 is 13.9 Å². The number of hydrogen-bond donors (Lipinski definition) is 1. The lowest BCUT2D eigenvalue weighted by atomic mass is 10.2. The third kappa shape index (κ3) is 4.11. The van der Waals surface area contributed by atoms with Gasteiger partial charge < -0.3 is 14.9 Å². The zero-order valence-electron chi connectivity index (χ0n) is 16.0. The fraction of sp³-hybridized carbons (Fsp3) is 0.211. The van der Waals surface area contributed by atoms with Crippen molar-refractivity contribution in [3.63, 3.8) is 0 Å². The van der Waals surface area contributed by atoms with E-state index in [1.165, 1.54) is 23.1 Å². The number of anilines is 1. The Morgan fingerprint density at radius 2 is 2.17 bits per heavy atom. The molecule has 154 valence electrons. The van der Waals surface area contributed by atoms with E-state index in [9.17, 15) is 4.79 Å². The molecule has 0 saturated carbocycles. The van der Waals surface area contributed by atoms with Gasteiger partial charge in [-0.05, 0) is 37.6 Å². The molecule has 0 radical (unpaired) electrons. The van der Waals surface area contributed by atoms with Crippen LogP contribution in [-0.4, -0.2) is 32.7 Å². The molecule has 4 rings (SSSR count). The van der Waals surface area contributed by atoms with Gasteiger partial charge in [-0.25, -0.2) is 14.8 Å². The van der Waals surface area contributed by atoms with Crippen LogP contribution in [0.25, 0.3) is 21.7 Å². The van der Waals surface area contributed by atoms with E-state index in [1.807, 2.05) is 19.1 Å². The fourth-order valence-corrected chi connectivity index (χ4v) is 4.71. The SMILES string of the molecule is CCOC(=O)c1sc2nc(CSc3nnc(-c4cccc(Cl)c4)o3)nc(N)c2c1C. The lowest BCUT2D eigenvalue weighted by molar-refractivity contribution is 0.0531. The van der Waals surface area contributed by atoms with Crippen LogP contribution in [0.2, 0.25) is 5.02 Å². The molecule has 0 amide bonds. The number of esters is 1. The van der Waals surface area contributed by atoms with E-state index in [-0.39, 0.29) is 5.97 Å². The highest BCUT2D eigenvalue weighted by atomic mass is 35.5. The minimum atomic E-state index is -0.382. The number of fused-ring (bicyclic) bond motifs is 1. The van der Waals surface area contributed by atoms with Crippen molar-refractivity contribution in [1.82, 2.24) is 20.2 Å². The van der Waals surface area contributed by atoms with Gasteiger partial charge in [0.1, 0.15) is 21.3 Å². The van der Waals surface area contributed by atoms with Gasteiger partial charge >= 0.3 is 5.97 Å². The molecule has 0 atom stereocenters. The number of hydrogen-bond acceptors (Lipinski definition) is 10. The summed E-state index contributed by atoms with van der Waals surface area (Å²) in [6.07, 6.45) is 0. The molecule has 0 bridgehead atoms. The summed E-state index contributed by atoms with van der Waals surface area (Å²) in [4.78, 5) is 22.2. The van der Waals surface area contributed by atoms with E-state index in [2.05, 4.69) is 20.2 Å². The predicted octanol–water partition coefficient (Wildman–Crippen LogP) is 4.75. The lowest BCUT2D eigenvalue weighted by Crippen LogP contribution is -2.03. The average Bonchev–Trinajstić information content (AvgIpc) is 3.31. The molecule has 0 fully saturated rings. The summed E-state index contributed by atoms with van der Waals surface area (Å²) in [6, 6.07) is 7.18. The number of carbonyl (C=O) groups excluding carboxylic acids is 1. The number of thioether (sulfide) groups is 1. The molecule has 0 spiro atoms. The Morgan fingerprint density at radius 1 is 1.33 bits per heavy atom. The number of nitrogens with zero attached hydrogens (tertiary/aromatic N) is 4. The predicted molar refractivity (Wildman–Crippen MR) is 117 cm³/mol. The number of rotatable bonds is 6. The van der Waals surface area contributed by atoms with Crippen LogP contribution < -0.4 is 5.73 Å². The summed E-state index contributed by atoms with van der Waals surface area (Å²) in [5, 5.41) is 9.73. The van der Waals surface area contributed by atoms with Crippen LogP contribution in [0, 0.1) is 6.92 Å². The van der Waals surface area contributed by atoms with E-state index in [4.69, 9.17) is 26.5 Å². The molecule has 0 aliphatic rings. The van der Waals surface area contributed by atoms with Crippen LogP contribution in [-0.2, 0) is 10.5 Å². The Balaban J connectivity index is 1.54. The van der Waals surface area contributed by atoms with Crippen LogP contribution in [0.15, 0.2) is 33.9 Å². The third-order valence-corrected chi connectivity index (χ3v) is 6.34. The molecule has 30 heavy (non-hydrogen) atoms. The van der Waals surface area contributed by atoms with E-state index >= 15 is 0 Å². The highest BCUT2D eigenvalue weighted by Gasteiger charge is 2.21. The van der Waals surface area contributed by atoms with Crippen LogP contribution in [0.5, 0.6) is 0 Å². The summed E-state index contributed by atoms with van der Waals surface area (Å²) < 4.78 is 10.8. The zero-order chi connectivity index (χ0) is 21.3. The highest BCUT2D eigenvalue weighted by molar-refractivity contribution is 7.98. The first kappa shape index (κ1) is 20.6. The number of benzene rings is 1. The monoisotopic (exact) mass is 461 g/mol. The zero-order valence-corrected chi connectivity index (χ0v) is 18.4. The molecular formula is C19H16ClN5O3S2. The van der Waals surface area contributed by atoms with Crippen LogP contribution in [0.3, 0.4) is 0 Å². The van der Waals surface area contributed by atoms with Crippen molar-refractivity contribution in [2.24, 2.45) is 0 Å². The number of thiophene rings is 1. The van der Waals surface area contributed by atoms with E-state index in [1.54, 1.807) is 19.1 Å². The summed E-state index contributed by atoms with van der Waals surface area (Å²) in [5.74, 6) is 1.20. The summed E-state index contributed by atoms with van der Waals surface area (Å²) >= 11 is 8.54. The Hall–Kier alpha value is -2.69. The Morgan fingerprint density at radius 3 is 2.93 bits per heavy atom. The van der Waals surface area contributed by atoms with Crippen LogP contribution in [0.4, 0.5) is 5.82 Å². The van der Waals surface area contributed by atoms with E-state index < -0.39 is 0 Å². The molecule has 1 aromatic carbocycles. The minimum Gasteiger partial charge on any atom is -0.462 e. The van der Waals surface area contributed by atoms with Crippen molar-refractivity contribution in [2.45, 2.75) is 24.8 Å². The van der Waals surface area contributed by atoms with Crippen molar-refractivity contribution in [3.05, 3.63) is 45.6 Å². The number of carbonyl (C=O) groups is 1. The summed E-state index contributed by atoms with van der Waals surface area (Å²) in [6.45, 7) is 3.88. The molecule has 8 nitrogen and oxygen atoms in total. The molecule has 0 saturated heterocycles. The first-order valence-electron chi connectivity index (χ1n) is 8.91. The molecule has 2 N–H and O–H groups in total. The van der Waals surface area contributed by atoms with Gasteiger partial charge in [-0.2, -0.15) is 0 Å². The largest absolute Gasteiger partial charge is 0.462 e. The second-order valence-corrected chi connectivity index (χ2v) is 8.52. The number of halogens is 1. The quantitative estimate of drug-likeness (QED) is 0.320. The van der Waals surface area contributed by atoms with Crippen molar-refractivity contribution in [1.29, 1.82) is 0 Å². The number of aryl methyl sites for hydroxylation is 1. The first-order valence-corrected chi connectivity index (χ1v) is 11.1. The number of nitrogen functional groups attached to an aromatic ring is 1. The lowest BCUT2D eigenvalue weighted by Gasteiger charge is -2.02. The molecular weight excluding hydrogens is 446 g/mol. The molecule has 0 aliphatic heterocycles. The van der Waals surface area contributed by atoms with Crippen molar-refractivity contribution >= 4 is 56.7 Å². The number of aromatic nitrogens is 4. The van der Waals surface area contributed by atoms with Gasteiger partial charge in [0.2, 0.25) is 5.89 Å². The Bertz CT molecular complexity index is 1240. The Kier molecular flexibility index (Phi) is 5.89. The molecule has 11 heteroatoms. The van der Waals surface area contributed by atoms with Gasteiger partial charge in [-0.1, -0.05) is 29.4 Å². The molecule has 3 heterocycles. The maximum absolute atomic E-state index is 12.1. The standard InChI is InChI=1S/C19H16ClN5O3S2/c1-3-27-18(26)14-9(2)13-15(21)22-12(23-17(13)30-14)8-29-19-25-24-16(28-19)10-5-4-6-11(20)7-10/h4-7H,3,8H2,1-2H3,(H2,21,22,23).